The Balaban J connectivity index is 1.93. The first-order valence-corrected chi connectivity index (χ1v) is 11.4. The van der Waals surface area contributed by atoms with Crippen molar-refractivity contribution in [2.45, 2.75) is 26.8 Å². The highest BCUT2D eigenvalue weighted by molar-refractivity contribution is 8.26. The van der Waals surface area contributed by atoms with Crippen molar-refractivity contribution < 1.29 is 4.79 Å². The summed E-state index contributed by atoms with van der Waals surface area (Å²) in [7, 11) is 3.56. The fourth-order valence-corrected chi connectivity index (χ4v) is 4.45. The topological polar surface area (TPSA) is 59.3 Å². The van der Waals surface area contributed by atoms with Gasteiger partial charge in [0.25, 0.3) is 11.5 Å². The van der Waals surface area contributed by atoms with Gasteiger partial charge in [0.2, 0.25) is 0 Å². The Kier molecular flexibility index (Phi) is 7.30. The lowest BCUT2D eigenvalue weighted by atomic mass is 10.1. The number of aromatic nitrogens is 2. The van der Waals surface area contributed by atoms with Gasteiger partial charge in [0, 0.05) is 32.5 Å². The van der Waals surface area contributed by atoms with E-state index >= 15 is 0 Å². The number of amides is 1. The van der Waals surface area contributed by atoms with Gasteiger partial charge in [0.15, 0.2) is 4.77 Å². The molecule has 6 nitrogen and oxygen atoms in total. The number of hydrogen-bond acceptors (Lipinski definition) is 6. The SMILES string of the molecule is CC/C=C/N(Cc1ccc(/C=C2\SC(=S)NC2=O)cc1)c1c(C)n(C)c(=S)n(C)c1=O. The van der Waals surface area contributed by atoms with E-state index in [4.69, 9.17) is 24.4 Å². The molecule has 1 amide bonds. The molecule has 2 heterocycles. The first-order chi connectivity index (χ1) is 14.7. The Bertz CT molecular complexity index is 1210. The molecule has 0 aliphatic carbocycles. The molecule has 9 heteroatoms. The van der Waals surface area contributed by atoms with Crippen LogP contribution in [0.5, 0.6) is 0 Å². The van der Waals surface area contributed by atoms with Crippen LogP contribution in [0.1, 0.15) is 30.2 Å². The van der Waals surface area contributed by atoms with Crippen LogP contribution in [0, 0.1) is 11.7 Å². The molecule has 0 atom stereocenters. The monoisotopic (exact) mass is 472 g/mol. The molecule has 1 N–H and O–H groups in total. The third-order valence-electron chi connectivity index (χ3n) is 5.01. The maximum atomic E-state index is 13.0. The Morgan fingerprint density at radius 1 is 1.13 bits per heavy atom. The third kappa shape index (κ3) is 5.06. The summed E-state index contributed by atoms with van der Waals surface area (Å²) in [6.07, 6.45) is 6.65. The van der Waals surface area contributed by atoms with Crippen molar-refractivity contribution in [3.8, 4) is 0 Å². The second kappa shape index (κ2) is 9.76. The molecule has 3 rings (SSSR count). The number of nitrogens with one attached hydrogen (secondary N) is 1. The number of benzene rings is 1. The Labute approximate surface area is 196 Å². The molecule has 31 heavy (non-hydrogen) atoms. The number of thiocarbonyl (C=S) groups is 1. The maximum absolute atomic E-state index is 13.0. The largest absolute Gasteiger partial charge is 0.338 e. The van der Waals surface area contributed by atoms with Gasteiger partial charge in [-0.05, 0) is 42.8 Å². The zero-order valence-electron chi connectivity index (χ0n) is 17.8. The fraction of sp³-hybridized carbons (Fsp3) is 0.273. The molecule has 162 valence electrons. The van der Waals surface area contributed by atoms with Crippen LogP contribution in [0.4, 0.5) is 5.69 Å². The van der Waals surface area contributed by atoms with E-state index in [1.807, 2.05) is 66.1 Å². The standard InChI is InChI=1S/C22H24N4O2S3/c1-5-6-11-26(18-14(2)24(3)22(30)25(4)20(18)28)13-16-9-7-15(8-10-16)12-17-19(27)23-21(29)31-17/h6-12H,5,13H2,1-4H3,(H,23,27,29)/b11-6+,17-12-. The van der Waals surface area contributed by atoms with Crippen LogP contribution in [0.15, 0.2) is 46.2 Å². The van der Waals surface area contributed by atoms with Gasteiger partial charge in [-0.3, -0.25) is 14.2 Å². The van der Waals surface area contributed by atoms with Crippen LogP contribution in [0.25, 0.3) is 6.08 Å². The number of thioether (sulfide) groups is 1. The number of anilines is 1. The lowest BCUT2D eigenvalue weighted by Crippen LogP contribution is -2.32. The predicted molar refractivity (Wildman–Crippen MR) is 135 cm³/mol. The van der Waals surface area contributed by atoms with Crippen molar-refractivity contribution in [3.05, 3.63) is 73.4 Å². The minimum Gasteiger partial charge on any atom is -0.338 e. The Morgan fingerprint density at radius 3 is 2.39 bits per heavy atom. The number of hydrogen-bond donors (Lipinski definition) is 1. The molecule has 1 aromatic heterocycles. The highest BCUT2D eigenvalue weighted by Crippen LogP contribution is 2.26. The molecule has 1 fully saturated rings. The molecule has 0 spiro atoms. The van der Waals surface area contributed by atoms with E-state index in [1.54, 1.807) is 7.05 Å². The van der Waals surface area contributed by atoms with Crippen LogP contribution in [0.2, 0.25) is 0 Å². The summed E-state index contributed by atoms with van der Waals surface area (Å²) in [5.74, 6) is -0.167. The lowest BCUT2D eigenvalue weighted by molar-refractivity contribution is -0.115. The molecule has 1 aliphatic rings. The summed E-state index contributed by atoms with van der Waals surface area (Å²) >= 11 is 11.7. The van der Waals surface area contributed by atoms with E-state index in [0.717, 1.165) is 23.2 Å². The van der Waals surface area contributed by atoms with Crippen LogP contribution in [-0.2, 0) is 25.4 Å². The second-order valence-electron chi connectivity index (χ2n) is 7.15. The average molecular weight is 473 g/mol. The molecule has 0 saturated carbocycles. The molecular formula is C22H24N4O2S3. The zero-order valence-corrected chi connectivity index (χ0v) is 20.3. The summed E-state index contributed by atoms with van der Waals surface area (Å²) < 4.78 is 4.30. The molecular weight excluding hydrogens is 448 g/mol. The van der Waals surface area contributed by atoms with Gasteiger partial charge in [0.05, 0.1) is 4.91 Å². The van der Waals surface area contributed by atoms with Crippen molar-refractivity contribution in [3.63, 3.8) is 0 Å². The average Bonchev–Trinajstić information content (AvgIpc) is 3.06. The first kappa shape index (κ1) is 23.2. The maximum Gasteiger partial charge on any atom is 0.278 e. The molecule has 0 unspecified atom stereocenters. The lowest BCUT2D eigenvalue weighted by Gasteiger charge is -2.24. The Morgan fingerprint density at radius 2 is 1.81 bits per heavy atom. The smallest absolute Gasteiger partial charge is 0.278 e. The molecule has 0 radical (unpaired) electrons. The van der Waals surface area contributed by atoms with Gasteiger partial charge in [0.1, 0.15) is 10.0 Å². The number of rotatable bonds is 6. The second-order valence-corrected chi connectivity index (χ2v) is 9.24. The van der Waals surface area contributed by atoms with Crippen LogP contribution in [0.3, 0.4) is 0 Å². The number of allylic oxidation sites excluding steroid dienone is 1. The summed E-state index contributed by atoms with van der Waals surface area (Å²) in [5.41, 5.74) is 3.24. The summed E-state index contributed by atoms with van der Waals surface area (Å²) in [6.45, 7) is 4.49. The molecule has 0 bridgehead atoms. The minimum absolute atomic E-state index is 0.122. The molecule has 1 saturated heterocycles. The van der Waals surface area contributed by atoms with Crippen molar-refractivity contribution in [2.24, 2.45) is 14.1 Å². The van der Waals surface area contributed by atoms with E-state index in [9.17, 15) is 9.59 Å². The van der Waals surface area contributed by atoms with E-state index in [2.05, 4.69) is 12.2 Å². The summed E-state index contributed by atoms with van der Waals surface area (Å²) in [6, 6.07) is 7.90. The van der Waals surface area contributed by atoms with Crippen molar-refractivity contribution >= 4 is 58.2 Å². The molecule has 2 aromatic rings. The van der Waals surface area contributed by atoms with E-state index in [0.29, 0.717) is 26.2 Å². The van der Waals surface area contributed by atoms with Crippen molar-refractivity contribution in [1.29, 1.82) is 0 Å². The number of nitrogens with zero attached hydrogens (tertiary/aromatic N) is 3. The first-order valence-electron chi connectivity index (χ1n) is 9.76. The zero-order chi connectivity index (χ0) is 22.7. The highest BCUT2D eigenvalue weighted by atomic mass is 32.2. The van der Waals surface area contributed by atoms with Gasteiger partial charge in [-0.25, -0.2) is 0 Å². The van der Waals surface area contributed by atoms with Crippen LogP contribution in [-0.4, -0.2) is 19.4 Å². The van der Waals surface area contributed by atoms with Crippen LogP contribution < -0.4 is 15.8 Å². The third-order valence-corrected chi connectivity index (χ3v) is 6.72. The van der Waals surface area contributed by atoms with Crippen molar-refractivity contribution in [1.82, 2.24) is 14.5 Å². The van der Waals surface area contributed by atoms with Gasteiger partial charge in [-0.1, -0.05) is 61.2 Å². The van der Waals surface area contributed by atoms with Gasteiger partial charge >= 0.3 is 0 Å². The number of carbonyl (C=O) groups excluding carboxylic acids is 1. The van der Waals surface area contributed by atoms with Gasteiger partial charge in [-0.2, -0.15) is 0 Å². The van der Waals surface area contributed by atoms with Crippen molar-refractivity contribution in [2.75, 3.05) is 4.90 Å². The summed E-state index contributed by atoms with van der Waals surface area (Å²) in [4.78, 5) is 27.4. The quantitative estimate of drug-likeness (QED) is 0.503. The fourth-order valence-electron chi connectivity index (χ4n) is 3.19. The van der Waals surface area contributed by atoms with Gasteiger partial charge < -0.3 is 14.8 Å². The van der Waals surface area contributed by atoms with E-state index in [1.165, 1.54) is 16.3 Å². The predicted octanol–water partition coefficient (Wildman–Crippen LogP) is 4.18. The molecule has 1 aliphatic heterocycles. The highest BCUT2D eigenvalue weighted by Gasteiger charge is 2.22. The molecule has 1 aromatic carbocycles. The normalized spacial score (nSPS) is 15.2. The number of carbonyl (C=O) groups is 1. The van der Waals surface area contributed by atoms with E-state index in [-0.39, 0.29) is 11.5 Å². The van der Waals surface area contributed by atoms with Crippen LogP contribution >= 0.6 is 36.2 Å². The minimum atomic E-state index is -0.167. The van der Waals surface area contributed by atoms with E-state index < -0.39 is 0 Å². The Hall–Kier alpha value is -2.49. The van der Waals surface area contributed by atoms with Gasteiger partial charge in [-0.15, -0.1) is 0 Å². The summed E-state index contributed by atoms with van der Waals surface area (Å²) in [5, 5.41) is 2.62.